The number of aromatic hydroxyl groups is 1. The normalized spacial score (nSPS) is 16.2. The van der Waals surface area contributed by atoms with E-state index in [4.69, 9.17) is 15.3 Å². The van der Waals surface area contributed by atoms with Gasteiger partial charge in [-0.3, -0.25) is 4.79 Å². The summed E-state index contributed by atoms with van der Waals surface area (Å²) < 4.78 is 73.9. The molecule has 0 bridgehead atoms. The number of carbonyl (C=O) groups is 1. The molecule has 0 radical (unpaired) electrons. The Labute approximate surface area is 293 Å². The molecule has 5 aromatic carbocycles. The third-order valence-electron chi connectivity index (χ3n) is 9.51. The highest BCUT2D eigenvalue weighted by atomic mass is 32.2. The lowest BCUT2D eigenvalue weighted by Crippen LogP contribution is -2.23. The van der Waals surface area contributed by atoms with E-state index in [1.54, 1.807) is 42.5 Å². The van der Waals surface area contributed by atoms with Crippen LogP contribution in [-0.2, 0) is 25.7 Å². The molecule has 12 nitrogen and oxygen atoms in total. The van der Waals surface area contributed by atoms with Crippen molar-refractivity contribution in [2.24, 2.45) is 10.2 Å². The number of phenols is 1. The van der Waals surface area contributed by atoms with Crippen LogP contribution in [0, 0.1) is 0 Å². The number of hydrogen-bond acceptors (Lipinski definition) is 10. The van der Waals surface area contributed by atoms with Gasteiger partial charge >= 0.3 is 25.9 Å². The minimum Gasteiger partial charge on any atom is -0.507 e. The highest BCUT2D eigenvalue weighted by molar-refractivity contribution is 7.87. The van der Waals surface area contributed by atoms with E-state index in [-0.39, 0.29) is 66.4 Å². The van der Waals surface area contributed by atoms with Crippen LogP contribution in [0.15, 0.2) is 117 Å². The zero-order chi connectivity index (χ0) is 36.4. The number of Topliss-reactive ketones (excluding diaryl/α,β-unsaturated/α-hetero) is 1. The molecular weight excluding hydrogens is 693 g/mol. The molecule has 1 saturated carbocycles. The van der Waals surface area contributed by atoms with Gasteiger partial charge in [0, 0.05) is 33.4 Å². The zero-order valence-electron chi connectivity index (χ0n) is 27.5. The molecule has 1 fully saturated rings. The highest BCUT2D eigenvalue weighted by Gasteiger charge is 2.38. The molecule has 1 aliphatic heterocycles. The number of azo groups is 1. The highest BCUT2D eigenvalue weighted by Crippen LogP contribution is 2.50. The van der Waals surface area contributed by atoms with Crippen molar-refractivity contribution in [2.45, 2.75) is 40.9 Å². The van der Waals surface area contributed by atoms with Gasteiger partial charge in [0.25, 0.3) is 5.78 Å². The van der Waals surface area contributed by atoms with E-state index in [1.807, 2.05) is 0 Å². The summed E-state index contributed by atoms with van der Waals surface area (Å²) in [6.45, 7) is 0. The van der Waals surface area contributed by atoms with Crippen molar-refractivity contribution in [1.29, 1.82) is 0 Å². The van der Waals surface area contributed by atoms with Crippen LogP contribution in [-0.4, -0.2) is 38.2 Å². The van der Waals surface area contributed by atoms with Gasteiger partial charge in [0.2, 0.25) is 0 Å². The molecular formula is C37H26N4O8S2. The van der Waals surface area contributed by atoms with Crippen molar-refractivity contribution in [1.82, 2.24) is 0 Å². The quantitative estimate of drug-likeness (QED) is 0.0949. The molecule has 14 heteroatoms. The molecule has 254 valence electrons. The maximum absolute atomic E-state index is 13.7. The van der Waals surface area contributed by atoms with Gasteiger partial charge in [0.05, 0.1) is 1.37 Å². The van der Waals surface area contributed by atoms with Crippen LogP contribution in [0.4, 0.5) is 11.4 Å². The van der Waals surface area contributed by atoms with Crippen LogP contribution in [0.2, 0.25) is 0 Å². The fraction of sp³-hybridized carbons (Fsp3) is 0.135. The number of rotatable bonds is 8. The van der Waals surface area contributed by atoms with Crippen molar-refractivity contribution < 1.29 is 41.3 Å². The van der Waals surface area contributed by atoms with Crippen LogP contribution in [0.25, 0.3) is 22.4 Å². The number of nitrogens with zero attached hydrogens (tertiary/aromatic N) is 4. The predicted molar refractivity (Wildman–Crippen MR) is 186 cm³/mol. The topological polar surface area (TPSA) is 185 Å². The zero-order valence-corrected chi connectivity index (χ0v) is 28.1. The number of hydrogen-bond donors (Lipinski definition) is 1. The number of allylic oxidation sites excluding steroid dienone is 1. The summed E-state index contributed by atoms with van der Waals surface area (Å²) in [4.78, 5) is 15.1. The summed E-state index contributed by atoms with van der Waals surface area (Å²) in [7, 11) is -8.90. The van der Waals surface area contributed by atoms with Crippen LogP contribution >= 0.6 is 0 Å². The maximum atomic E-state index is 13.7. The van der Waals surface area contributed by atoms with Gasteiger partial charge in [-0.2, -0.15) is 21.6 Å². The van der Waals surface area contributed by atoms with Crippen LogP contribution < -0.4 is 8.37 Å². The van der Waals surface area contributed by atoms with Crippen LogP contribution in [0.5, 0.6) is 17.2 Å². The van der Waals surface area contributed by atoms with Crippen LogP contribution in [0.3, 0.4) is 0 Å². The second-order valence-electron chi connectivity index (χ2n) is 12.3. The Morgan fingerprint density at radius 1 is 0.804 bits per heavy atom. The molecule has 2 aliphatic carbocycles. The van der Waals surface area contributed by atoms with E-state index in [2.05, 4.69) is 15.0 Å². The Morgan fingerprint density at radius 3 is 2.18 bits per heavy atom. The first-order valence-corrected chi connectivity index (χ1v) is 18.6. The van der Waals surface area contributed by atoms with Crippen LogP contribution in [0.1, 0.15) is 54.1 Å². The first kappa shape index (κ1) is 31.1. The fourth-order valence-corrected chi connectivity index (χ4v) is 9.47. The first-order valence-electron chi connectivity index (χ1n) is 16.3. The summed E-state index contributed by atoms with van der Waals surface area (Å²) in [5, 5.41) is 18.6. The minimum absolute atomic E-state index is 0.0466. The lowest BCUT2D eigenvalue weighted by molar-refractivity contribution is -0.00436. The number of fused-ring (bicyclic) bond motifs is 3. The third kappa shape index (κ3) is 5.32. The smallest absolute Gasteiger partial charge is 0.362 e. The Bertz CT molecular complexity index is 2720. The van der Waals surface area contributed by atoms with Gasteiger partial charge in [-0.1, -0.05) is 61.4 Å². The van der Waals surface area contributed by atoms with Crippen molar-refractivity contribution in [3.63, 3.8) is 0 Å². The minimum atomic E-state index is -4.52. The molecule has 1 heterocycles. The summed E-state index contributed by atoms with van der Waals surface area (Å²) >= 11 is 0. The van der Waals surface area contributed by atoms with Crippen molar-refractivity contribution in [3.8, 4) is 17.2 Å². The molecule has 0 unspecified atom stereocenters. The predicted octanol–water partition coefficient (Wildman–Crippen LogP) is 7.55. The van der Waals surface area contributed by atoms with Gasteiger partial charge in [-0.25, -0.2) is 0 Å². The number of benzene rings is 5. The summed E-state index contributed by atoms with van der Waals surface area (Å²) in [6.07, 6.45) is 5.87. The maximum Gasteiger partial charge on any atom is 0.362 e. The summed E-state index contributed by atoms with van der Waals surface area (Å²) in [6, 6.07) is 21.5. The Balaban J connectivity index is 1.07. The number of ketones is 1. The summed E-state index contributed by atoms with van der Waals surface area (Å²) in [5.41, 5.74) is 10.6. The van der Waals surface area contributed by atoms with Crippen molar-refractivity contribution >= 4 is 60.0 Å². The monoisotopic (exact) mass is 719 g/mol. The second-order valence-corrected chi connectivity index (χ2v) is 15.3. The molecule has 0 atom stereocenters. The van der Waals surface area contributed by atoms with E-state index >= 15 is 0 Å². The summed E-state index contributed by atoms with van der Waals surface area (Å²) in [5.74, 6) is -0.879. The molecule has 3 aliphatic rings. The standard InChI is InChI=1S/C37H26N4O8S2/c38-39-30-18-17-26-27(35(30)43)5-4-8-33(26)50(44,45)48-24-13-9-22(10-14-24)37(19-1-2-20-37)23-11-15-25(16-12-23)49-51(46,47)36-28-6-3-7-32(42)29(28)21-31-34(36)41-40-31/h3-18,21,42H,1-2,19-20H2/i15D. The van der Waals surface area contributed by atoms with E-state index in [0.29, 0.717) is 5.69 Å². The van der Waals surface area contributed by atoms with E-state index in [0.717, 1.165) is 36.8 Å². The average molecular weight is 720 g/mol. The van der Waals surface area contributed by atoms with Gasteiger partial charge in [-0.05, 0) is 72.5 Å². The fourth-order valence-electron chi connectivity index (χ4n) is 7.07. The van der Waals surface area contributed by atoms with Gasteiger partial charge < -0.3 is 19.0 Å². The molecule has 8 rings (SSSR count). The van der Waals surface area contributed by atoms with Gasteiger partial charge in [0.1, 0.15) is 38.4 Å². The van der Waals surface area contributed by atoms with Crippen molar-refractivity contribution in [3.05, 3.63) is 125 Å². The number of phenolic OH excluding ortho intramolecular Hbond substituents is 1. The first-order chi connectivity index (χ1) is 24.9. The van der Waals surface area contributed by atoms with Gasteiger partial charge in [-0.15, -0.1) is 10.2 Å². The van der Waals surface area contributed by atoms with E-state index in [9.17, 15) is 26.7 Å². The molecule has 0 amide bonds. The molecule has 51 heavy (non-hydrogen) atoms. The molecule has 1 N–H and O–H groups in total. The Morgan fingerprint density at radius 2 is 1.49 bits per heavy atom. The molecule has 0 saturated heterocycles. The van der Waals surface area contributed by atoms with Gasteiger partial charge in [0.15, 0.2) is 0 Å². The Hall–Kier alpha value is -5.95. The Kier molecular flexibility index (Phi) is 7.21. The average Bonchev–Trinajstić information content (AvgIpc) is 3.61. The van der Waals surface area contributed by atoms with E-state index < -0.39 is 31.4 Å². The van der Waals surface area contributed by atoms with Crippen molar-refractivity contribution in [2.75, 3.05) is 0 Å². The largest absolute Gasteiger partial charge is 0.507 e. The van der Waals surface area contributed by atoms with E-state index in [1.165, 1.54) is 54.6 Å². The third-order valence-corrected chi connectivity index (χ3v) is 12.1. The number of carbonyl (C=O) groups excluding carboxylic acids is 1. The molecule has 0 aromatic heterocycles. The SMILES string of the molecule is [2H]c1cc(C2(c3ccc(OS(=O)(=O)c4cccc5c4C=CC(=[N+]=[N-])C5=O)cc3)CCCC2)ccc1OS(=O)(=O)c1c2c(cc3c(O)cccc13)N=N2. The molecule has 0 spiro atoms. The molecule has 5 aromatic rings. The second kappa shape index (κ2) is 11.8. The lowest BCUT2D eigenvalue weighted by atomic mass is 9.73. The lowest BCUT2D eigenvalue weighted by Gasteiger charge is -2.31.